The topological polar surface area (TPSA) is 72.2 Å². The number of benzene rings is 2. The van der Waals surface area contributed by atoms with Crippen LogP contribution in [0.5, 0.6) is 0 Å². The van der Waals surface area contributed by atoms with Crippen LogP contribution in [-0.2, 0) is 16.6 Å². The maximum Gasteiger partial charge on any atom is 0.243 e. The monoisotopic (exact) mass is 304 g/mol. The summed E-state index contributed by atoms with van der Waals surface area (Å²) in [4.78, 5) is 0.177. The Morgan fingerprint density at radius 3 is 2.33 bits per heavy atom. The van der Waals surface area contributed by atoms with Crippen molar-refractivity contribution in [1.82, 2.24) is 4.72 Å². The molecule has 21 heavy (non-hydrogen) atoms. The molecular formula is C16H20N2O2S. The van der Waals surface area contributed by atoms with Crippen LogP contribution in [0.4, 0.5) is 5.69 Å². The molecule has 0 unspecified atom stereocenters. The summed E-state index contributed by atoms with van der Waals surface area (Å²) < 4.78 is 27.7. The van der Waals surface area contributed by atoms with Gasteiger partial charge in [-0.05, 0) is 49.1 Å². The number of hydrogen-bond acceptors (Lipinski definition) is 3. The number of anilines is 1. The summed E-state index contributed by atoms with van der Waals surface area (Å²) in [6.07, 6.45) is 0. The zero-order valence-corrected chi connectivity index (χ0v) is 13.3. The van der Waals surface area contributed by atoms with E-state index in [1.165, 1.54) is 0 Å². The van der Waals surface area contributed by atoms with Gasteiger partial charge < -0.3 is 5.73 Å². The molecule has 4 nitrogen and oxygen atoms in total. The molecule has 5 heteroatoms. The van der Waals surface area contributed by atoms with Crippen LogP contribution in [0.25, 0.3) is 0 Å². The van der Waals surface area contributed by atoms with Gasteiger partial charge in [0.1, 0.15) is 4.90 Å². The van der Waals surface area contributed by atoms with Crippen LogP contribution in [0.2, 0.25) is 0 Å². The molecule has 0 aliphatic heterocycles. The molecule has 0 bridgehead atoms. The Bertz CT molecular complexity index is 768. The molecule has 0 aromatic heterocycles. The van der Waals surface area contributed by atoms with Crippen LogP contribution in [-0.4, -0.2) is 8.42 Å². The minimum absolute atomic E-state index is 0.177. The van der Waals surface area contributed by atoms with E-state index >= 15 is 0 Å². The molecule has 2 rings (SSSR count). The van der Waals surface area contributed by atoms with Crippen LogP contribution < -0.4 is 10.5 Å². The van der Waals surface area contributed by atoms with E-state index < -0.39 is 10.0 Å². The lowest BCUT2D eigenvalue weighted by molar-refractivity contribution is 0.581. The van der Waals surface area contributed by atoms with Gasteiger partial charge in [-0.15, -0.1) is 0 Å². The molecule has 0 atom stereocenters. The van der Waals surface area contributed by atoms with Gasteiger partial charge in [0.15, 0.2) is 0 Å². The number of nitrogen functional groups attached to an aromatic ring is 1. The Morgan fingerprint density at radius 1 is 1.00 bits per heavy atom. The predicted molar refractivity (Wildman–Crippen MR) is 85.5 cm³/mol. The normalized spacial score (nSPS) is 11.6. The lowest BCUT2D eigenvalue weighted by atomic mass is 10.1. The molecule has 3 N–H and O–H groups in total. The first-order valence-electron chi connectivity index (χ1n) is 6.73. The van der Waals surface area contributed by atoms with Crippen molar-refractivity contribution >= 4 is 15.7 Å². The van der Waals surface area contributed by atoms with Crippen molar-refractivity contribution in [2.45, 2.75) is 32.2 Å². The molecule has 0 radical (unpaired) electrons. The first-order valence-corrected chi connectivity index (χ1v) is 8.21. The zero-order chi connectivity index (χ0) is 15.6. The average Bonchev–Trinajstić information content (AvgIpc) is 2.42. The molecule has 112 valence electrons. The number of sulfonamides is 1. The minimum atomic E-state index is -3.63. The summed E-state index contributed by atoms with van der Waals surface area (Å²) in [5.41, 5.74) is 9.72. The van der Waals surface area contributed by atoms with Crippen LogP contribution in [0.1, 0.15) is 22.3 Å². The summed E-state index contributed by atoms with van der Waals surface area (Å²) in [6, 6.07) is 11.1. The number of hydrogen-bond donors (Lipinski definition) is 2. The molecular weight excluding hydrogens is 284 g/mol. The Morgan fingerprint density at radius 2 is 1.67 bits per heavy atom. The van der Waals surface area contributed by atoms with Gasteiger partial charge in [0.25, 0.3) is 0 Å². The molecule has 0 saturated heterocycles. The van der Waals surface area contributed by atoms with Crippen molar-refractivity contribution in [1.29, 1.82) is 0 Å². The van der Waals surface area contributed by atoms with Gasteiger partial charge >= 0.3 is 0 Å². The first kappa shape index (κ1) is 15.5. The highest BCUT2D eigenvalue weighted by Gasteiger charge is 2.21. The standard InChI is InChI=1S/C16H20N2O2S/c1-11-8-9-15(17)16(13(11)3)21(19,20)18-10-14-7-5-4-6-12(14)2/h4-9,18H,10,17H2,1-3H3. The number of aryl methyl sites for hydroxylation is 2. The van der Waals surface area contributed by atoms with Gasteiger partial charge in [0.05, 0.1) is 5.69 Å². The largest absolute Gasteiger partial charge is 0.398 e. The van der Waals surface area contributed by atoms with Crippen molar-refractivity contribution < 1.29 is 8.42 Å². The fourth-order valence-corrected chi connectivity index (χ4v) is 3.65. The highest BCUT2D eigenvalue weighted by Crippen LogP contribution is 2.25. The van der Waals surface area contributed by atoms with Crippen molar-refractivity contribution in [3.05, 3.63) is 58.7 Å². The molecule has 0 fully saturated rings. The van der Waals surface area contributed by atoms with E-state index in [-0.39, 0.29) is 17.1 Å². The van der Waals surface area contributed by atoms with Crippen molar-refractivity contribution in [2.75, 3.05) is 5.73 Å². The lowest BCUT2D eigenvalue weighted by Gasteiger charge is -2.14. The maximum absolute atomic E-state index is 12.5. The Kier molecular flexibility index (Phi) is 4.34. The Labute approximate surface area is 126 Å². The summed E-state index contributed by atoms with van der Waals surface area (Å²) >= 11 is 0. The molecule has 0 spiro atoms. The third-order valence-electron chi connectivity index (χ3n) is 3.69. The van der Waals surface area contributed by atoms with Gasteiger partial charge in [-0.25, -0.2) is 13.1 Å². The SMILES string of the molecule is Cc1ccccc1CNS(=O)(=O)c1c(N)ccc(C)c1C. The number of nitrogens with two attached hydrogens (primary N) is 1. The molecule has 0 aliphatic carbocycles. The molecule has 2 aromatic carbocycles. The zero-order valence-electron chi connectivity index (χ0n) is 12.5. The smallest absolute Gasteiger partial charge is 0.243 e. The van der Waals surface area contributed by atoms with Crippen LogP contribution in [0.3, 0.4) is 0 Å². The summed E-state index contributed by atoms with van der Waals surface area (Å²) in [7, 11) is -3.63. The van der Waals surface area contributed by atoms with Gasteiger partial charge in [0.2, 0.25) is 10.0 Å². The fourth-order valence-electron chi connectivity index (χ4n) is 2.22. The first-order chi connectivity index (χ1) is 9.83. The van der Waals surface area contributed by atoms with Gasteiger partial charge in [-0.1, -0.05) is 30.3 Å². The van der Waals surface area contributed by atoms with E-state index in [0.717, 1.165) is 16.7 Å². The molecule has 0 heterocycles. The van der Waals surface area contributed by atoms with Crippen molar-refractivity contribution in [3.8, 4) is 0 Å². The van der Waals surface area contributed by atoms with E-state index in [0.29, 0.717) is 5.56 Å². The third-order valence-corrected chi connectivity index (χ3v) is 5.29. The summed E-state index contributed by atoms with van der Waals surface area (Å²) in [5, 5.41) is 0. The second kappa shape index (κ2) is 5.87. The van der Waals surface area contributed by atoms with Crippen LogP contribution >= 0.6 is 0 Å². The molecule has 2 aromatic rings. The second-order valence-corrected chi connectivity index (χ2v) is 6.88. The highest BCUT2D eigenvalue weighted by molar-refractivity contribution is 7.89. The van der Waals surface area contributed by atoms with E-state index in [4.69, 9.17) is 5.73 Å². The lowest BCUT2D eigenvalue weighted by Crippen LogP contribution is -2.25. The summed E-state index contributed by atoms with van der Waals surface area (Å²) in [6.45, 7) is 5.85. The van der Waals surface area contributed by atoms with Crippen LogP contribution in [0, 0.1) is 20.8 Å². The second-order valence-electron chi connectivity index (χ2n) is 5.18. The third kappa shape index (κ3) is 3.25. The Hall–Kier alpha value is -1.85. The molecule has 0 saturated carbocycles. The highest BCUT2D eigenvalue weighted by atomic mass is 32.2. The quantitative estimate of drug-likeness (QED) is 0.853. The maximum atomic E-state index is 12.5. The van der Waals surface area contributed by atoms with E-state index in [2.05, 4.69) is 4.72 Å². The predicted octanol–water partition coefficient (Wildman–Crippen LogP) is 2.67. The van der Waals surface area contributed by atoms with Crippen molar-refractivity contribution in [3.63, 3.8) is 0 Å². The minimum Gasteiger partial charge on any atom is -0.398 e. The average molecular weight is 304 g/mol. The van der Waals surface area contributed by atoms with E-state index in [9.17, 15) is 8.42 Å². The van der Waals surface area contributed by atoms with E-state index in [1.54, 1.807) is 13.0 Å². The van der Waals surface area contributed by atoms with Gasteiger partial charge in [-0.3, -0.25) is 0 Å². The van der Waals surface area contributed by atoms with Gasteiger partial charge in [0, 0.05) is 6.54 Å². The molecule has 0 aliphatic rings. The van der Waals surface area contributed by atoms with E-state index in [1.807, 2.05) is 44.2 Å². The molecule has 0 amide bonds. The number of rotatable bonds is 4. The Balaban J connectivity index is 2.32. The summed E-state index contributed by atoms with van der Waals surface area (Å²) in [5.74, 6) is 0. The van der Waals surface area contributed by atoms with Gasteiger partial charge in [-0.2, -0.15) is 0 Å². The van der Waals surface area contributed by atoms with Crippen molar-refractivity contribution in [2.24, 2.45) is 0 Å². The van der Waals surface area contributed by atoms with Crippen LogP contribution in [0.15, 0.2) is 41.3 Å². The fraction of sp³-hybridized carbons (Fsp3) is 0.250. The number of nitrogens with one attached hydrogen (secondary N) is 1.